The molecule has 0 bridgehead atoms. The molecular formula is C17H19N3OS. The van der Waals surface area contributed by atoms with Gasteiger partial charge in [-0.1, -0.05) is 19.1 Å². The van der Waals surface area contributed by atoms with Crippen LogP contribution in [-0.2, 0) is 13.0 Å². The van der Waals surface area contributed by atoms with Gasteiger partial charge in [0.1, 0.15) is 5.82 Å². The molecule has 5 heteroatoms. The first-order valence-electron chi connectivity index (χ1n) is 7.37. The Morgan fingerprint density at radius 2 is 2.14 bits per heavy atom. The first kappa shape index (κ1) is 14.8. The lowest BCUT2D eigenvalue weighted by molar-refractivity contribution is 0.0786. The SMILES string of the molecule is CCc1sc(C(=O)N(C)Cc2nc3ccccc3[nH]2)cc1C. The van der Waals surface area contributed by atoms with Gasteiger partial charge < -0.3 is 9.88 Å². The molecule has 0 atom stereocenters. The Bertz CT molecular complexity index is 785. The Hall–Kier alpha value is -2.14. The number of thiophene rings is 1. The highest BCUT2D eigenvalue weighted by molar-refractivity contribution is 7.14. The van der Waals surface area contributed by atoms with Crippen LogP contribution in [0.4, 0.5) is 0 Å². The monoisotopic (exact) mass is 313 g/mol. The molecule has 0 radical (unpaired) electrons. The van der Waals surface area contributed by atoms with Crippen molar-refractivity contribution < 1.29 is 4.79 Å². The largest absolute Gasteiger partial charge is 0.340 e. The molecule has 0 saturated heterocycles. The van der Waals surface area contributed by atoms with E-state index in [0.29, 0.717) is 6.54 Å². The third-order valence-corrected chi connectivity index (χ3v) is 5.09. The number of carbonyl (C=O) groups is 1. The normalized spacial score (nSPS) is 11.0. The number of aromatic amines is 1. The van der Waals surface area contributed by atoms with Gasteiger partial charge in [0.05, 0.1) is 22.5 Å². The van der Waals surface area contributed by atoms with Crippen LogP contribution >= 0.6 is 11.3 Å². The standard InChI is InChI=1S/C17H19N3OS/c1-4-14-11(2)9-15(22-14)17(21)20(3)10-16-18-12-7-5-6-8-13(12)19-16/h5-9H,4,10H2,1-3H3,(H,18,19). The molecule has 114 valence electrons. The van der Waals surface area contributed by atoms with Gasteiger partial charge in [0.2, 0.25) is 0 Å². The molecule has 3 aromatic rings. The molecule has 1 amide bonds. The highest BCUT2D eigenvalue weighted by Gasteiger charge is 2.17. The predicted molar refractivity (Wildman–Crippen MR) is 90.3 cm³/mol. The summed E-state index contributed by atoms with van der Waals surface area (Å²) >= 11 is 1.59. The number of amides is 1. The van der Waals surface area contributed by atoms with E-state index in [1.807, 2.05) is 37.4 Å². The van der Waals surface area contributed by atoms with Crippen LogP contribution in [0.5, 0.6) is 0 Å². The van der Waals surface area contributed by atoms with E-state index in [0.717, 1.165) is 28.2 Å². The maximum absolute atomic E-state index is 12.5. The van der Waals surface area contributed by atoms with Gasteiger partial charge in [0.15, 0.2) is 0 Å². The fourth-order valence-corrected chi connectivity index (χ4v) is 3.65. The molecule has 0 unspecified atom stereocenters. The second-order valence-electron chi connectivity index (χ2n) is 5.43. The number of hydrogen-bond donors (Lipinski definition) is 1. The highest BCUT2D eigenvalue weighted by atomic mass is 32.1. The van der Waals surface area contributed by atoms with Crippen LogP contribution in [0.2, 0.25) is 0 Å². The van der Waals surface area contributed by atoms with Gasteiger partial charge in [-0.25, -0.2) is 4.98 Å². The zero-order chi connectivity index (χ0) is 15.7. The number of benzene rings is 1. The van der Waals surface area contributed by atoms with Crippen molar-refractivity contribution in [2.24, 2.45) is 0 Å². The Morgan fingerprint density at radius 3 is 2.82 bits per heavy atom. The molecule has 0 aliphatic carbocycles. The van der Waals surface area contributed by atoms with Crippen LogP contribution in [0, 0.1) is 6.92 Å². The third-order valence-electron chi connectivity index (χ3n) is 3.72. The number of para-hydroxylation sites is 2. The van der Waals surface area contributed by atoms with Crippen molar-refractivity contribution in [2.75, 3.05) is 7.05 Å². The van der Waals surface area contributed by atoms with Crippen LogP contribution in [0.15, 0.2) is 30.3 Å². The van der Waals surface area contributed by atoms with Gasteiger partial charge in [-0.2, -0.15) is 0 Å². The van der Waals surface area contributed by atoms with Crippen LogP contribution < -0.4 is 0 Å². The minimum Gasteiger partial charge on any atom is -0.340 e. The molecule has 2 aromatic heterocycles. The van der Waals surface area contributed by atoms with Crippen LogP contribution in [-0.4, -0.2) is 27.8 Å². The Balaban J connectivity index is 1.77. The van der Waals surface area contributed by atoms with Crippen molar-refractivity contribution in [3.8, 4) is 0 Å². The van der Waals surface area contributed by atoms with E-state index in [1.54, 1.807) is 16.2 Å². The first-order valence-corrected chi connectivity index (χ1v) is 8.18. The highest BCUT2D eigenvalue weighted by Crippen LogP contribution is 2.24. The van der Waals surface area contributed by atoms with E-state index in [4.69, 9.17) is 0 Å². The number of rotatable bonds is 4. The molecule has 0 aliphatic heterocycles. The predicted octanol–water partition coefficient (Wildman–Crippen LogP) is 3.77. The van der Waals surface area contributed by atoms with E-state index >= 15 is 0 Å². The fraction of sp³-hybridized carbons (Fsp3) is 0.294. The lowest BCUT2D eigenvalue weighted by Crippen LogP contribution is -2.25. The second kappa shape index (κ2) is 5.93. The molecule has 1 aromatic carbocycles. The molecule has 0 saturated carbocycles. The van der Waals surface area contributed by atoms with E-state index < -0.39 is 0 Å². The summed E-state index contributed by atoms with van der Waals surface area (Å²) in [5.41, 5.74) is 3.13. The number of carbonyl (C=O) groups excluding carboxylic acids is 1. The third kappa shape index (κ3) is 2.76. The topological polar surface area (TPSA) is 49.0 Å². The number of hydrogen-bond acceptors (Lipinski definition) is 3. The summed E-state index contributed by atoms with van der Waals surface area (Å²) in [6.07, 6.45) is 0.969. The van der Waals surface area contributed by atoms with Crippen molar-refractivity contribution in [1.82, 2.24) is 14.9 Å². The number of nitrogens with zero attached hydrogens (tertiary/aromatic N) is 2. The van der Waals surface area contributed by atoms with Crippen LogP contribution in [0.3, 0.4) is 0 Å². The van der Waals surface area contributed by atoms with Crippen LogP contribution in [0.1, 0.15) is 32.9 Å². The van der Waals surface area contributed by atoms with Gasteiger partial charge in [-0.05, 0) is 37.1 Å². The van der Waals surface area contributed by atoms with E-state index in [2.05, 4.69) is 23.8 Å². The molecule has 0 fully saturated rings. The van der Waals surface area contributed by atoms with Crippen LogP contribution in [0.25, 0.3) is 11.0 Å². The number of fused-ring (bicyclic) bond motifs is 1. The average Bonchev–Trinajstić information content (AvgIpc) is 3.08. The lowest BCUT2D eigenvalue weighted by Gasteiger charge is -2.14. The van der Waals surface area contributed by atoms with E-state index in [1.165, 1.54) is 10.4 Å². The summed E-state index contributed by atoms with van der Waals surface area (Å²) in [6, 6.07) is 9.88. The second-order valence-corrected chi connectivity index (χ2v) is 6.57. The Labute approximate surface area is 133 Å². The minimum atomic E-state index is 0.0493. The number of aryl methyl sites for hydroxylation is 2. The fourth-order valence-electron chi connectivity index (χ4n) is 2.54. The molecule has 3 rings (SSSR count). The summed E-state index contributed by atoms with van der Waals surface area (Å²) in [5.74, 6) is 0.856. The molecule has 0 spiro atoms. The molecule has 4 nitrogen and oxygen atoms in total. The average molecular weight is 313 g/mol. The molecule has 0 aliphatic rings. The summed E-state index contributed by atoms with van der Waals surface area (Å²) < 4.78 is 0. The number of aromatic nitrogens is 2. The van der Waals surface area contributed by atoms with E-state index in [9.17, 15) is 4.79 Å². The summed E-state index contributed by atoms with van der Waals surface area (Å²) in [5, 5.41) is 0. The van der Waals surface area contributed by atoms with Crippen molar-refractivity contribution in [3.63, 3.8) is 0 Å². The zero-order valence-electron chi connectivity index (χ0n) is 13.0. The molecule has 1 N–H and O–H groups in total. The van der Waals surface area contributed by atoms with Gasteiger partial charge in [0.25, 0.3) is 5.91 Å². The zero-order valence-corrected chi connectivity index (χ0v) is 13.8. The maximum atomic E-state index is 12.5. The Kier molecular flexibility index (Phi) is 3.98. The first-order chi connectivity index (χ1) is 10.6. The van der Waals surface area contributed by atoms with Crippen molar-refractivity contribution in [3.05, 3.63) is 51.5 Å². The molecule has 22 heavy (non-hydrogen) atoms. The van der Waals surface area contributed by atoms with Crippen molar-refractivity contribution >= 4 is 28.3 Å². The summed E-state index contributed by atoms with van der Waals surface area (Å²) in [6.45, 7) is 4.66. The van der Waals surface area contributed by atoms with Gasteiger partial charge in [-0.3, -0.25) is 4.79 Å². The van der Waals surface area contributed by atoms with Gasteiger partial charge in [-0.15, -0.1) is 11.3 Å². The van der Waals surface area contributed by atoms with Gasteiger partial charge in [0, 0.05) is 11.9 Å². The van der Waals surface area contributed by atoms with E-state index in [-0.39, 0.29) is 5.91 Å². The quantitative estimate of drug-likeness (QED) is 0.797. The smallest absolute Gasteiger partial charge is 0.264 e. The number of nitrogens with one attached hydrogen (secondary N) is 1. The van der Waals surface area contributed by atoms with Crippen molar-refractivity contribution in [2.45, 2.75) is 26.8 Å². The van der Waals surface area contributed by atoms with Gasteiger partial charge >= 0.3 is 0 Å². The minimum absolute atomic E-state index is 0.0493. The summed E-state index contributed by atoms with van der Waals surface area (Å²) in [4.78, 5) is 24.1. The summed E-state index contributed by atoms with van der Waals surface area (Å²) in [7, 11) is 1.82. The van der Waals surface area contributed by atoms with Crippen molar-refractivity contribution in [1.29, 1.82) is 0 Å². The maximum Gasteiger partial charge on any atom is 0.264 e. The molecular weight excluding hydrogens is 294 g/mol. The molecule has 2 heterocycles. The Morgan fingerprint density at radius 1 is 1.36 bits per heavy atom. The lowest BCUT2D eigenvalue weighted by atomic mass is 10.2. The number of imidazole rings is 1. The number of H-pyrrole nitrogens is 1.